The Morgan fingerprint density at radius 2 is 2.45 bits per heavy atom. The molecule has 1 atom stereocenters. The number of ether oxygens (including phenoxy) is 1. The molecule has 0 aliphatic carbocycles. The summed E-state index contributed by atoms with van der Waals surface area (Å²) < 4.78 is 5.06. The number of piperazine rings is 1. The minimum absolute atomic E-state index is 0.273. The molecule has 2 aliphatic heterocycles. The largest absolute Gasteiger partial charge is 0.462 e. The van der Waals surface area contributed by atoms with Gasteiger partial charge in [0.2, 0.25) is 0 Å². The van der Waals surface area contributed by atoms with Crippen LogP contribution in [0.2, 0.25) is 0 Å². The zero-order chi connectivity index (χ0) is 13.9. The van der Waals surface area contributed by atoms with Crippen LogP contribution in [0.25, 0.3) is 0 Å². The second-order valence-corrected chi connectivity index (χ2v) is 4.92. The molecule has 0 aromatic heterocycles. The van der Waals surface area contributed by atoms with Crippen molar-refractivity contribution in [2.45, 2.75) is 13.0 Å². The number of nitrogens with zero attached hydrogens (tertiary/aromatic N) is 1. The highest BCUT2D eigenvalue weighted by atomic mass is 16.6. The van der Waals surface area contributed by atoms with Crippen molar-refractivity contribution < 1.29 is 14.4 Å². The first-order valence-electron chi connectivity index (χ1n) is 6.96. The van der Waals surface area contributed by atoms with Gasteiger partial charge in [0.05, 0.1) is 36.2 Å². The minimum Gasteiger partial charge on any atom is -0.462 e. The van der Waals surface area contributed by atoms with Crippen molar-refractivity contribution in [1.29, 1.82) is 0 Å². The molecule has 2 N–H and O–H groups in total. The maximum Gasteiger partial charge on any atom is 0.338 e. The fraction of sp³-hybridized carbons (Fsp3) is 0.500. The summed E-state index contributed by atoms with van der Waals surface area (Å²) in [7, 11) is 0. The number of benzene rings is 1. The van der Waals surface area contributed by atoms with Crippen molar-refractivity contribution in [3.05, 3.63) is 23.8 Å². The average Bonchev–Trinajstić information content (AvgIpc) is 2.66. The summed E-state index contributed by atoms with van der Waals surface area (Å²) in [6.45, 7) is 5.51. The molecule has 1 fully saturated rings. The molecule has 1 aromatic carbocycles. The molecule has 1 saturated heterocycles. The standard InChI is InChI=1S/C14H19N3O3/c1-2-19-14(18)10-3-4-12-13(7-10)17-6-5-15-8-11(17)9-20-16-12/h3-4,7,11,15-16H,2,5-6,8-9H2,1H3. The number of hydrogen-bond acceptors (Lipinski definition) is 6. The van der Waals surface area contributed by atoms with E-state index in [0.29, 0.717) is 18.8 Å². The molecule has 0 amide bonds. The van der Waals surface area contributed by atoms with E-state index in [1.54, 1.807) is 6.07 Å². The number of rotatable bonds is 2. The summed E-state index contributed by atoms with van der Waals surface area (Å²) in [6.07, 6.45) is 0. The molecule has 0 radical (unpaired) electrons. The molecule has 20 heavy (non-hydrogen) atoms. The predicted molar refractivity (Wildman–Crippen MR) is 76.0 cm³/mol. The summed E-state index contributed by atoms with van der Waals surface area (Å²) in [5.74, 6) is -0.285. The average molecular weight is 277 g/mol. The Bertz CT molecular complexity index is 506. The SMILES string of the molecule is CCOC(=O)c1ccc2c(c1)N1CCNCC1CON2. The van der Waals surface area contributed by atoms with Crippen LogP contribution < -0.4 is 15.7 Å². The van der Waals surface area contributed by atoms with Crippen molar-refractivity contribution in [2.24, 2.45) is 0 Å². The molecular formula is C14H19N3O3. The molecule has 2 aliphatic rings. The van der Waals surface area contributed by atoms with Crippen molar-refractivity contribution >= 4 is 17.3 Å². The van der Waals surface area contributed by atoms with Gasteiger partial charge in [0.15, 0.2) is 0 Å². The topological polar surface area (TPSA) is 62.8 Å². The quantitative estimate of drug-likeness (QED) is 0.786. The van der Waals surface area contributed by atoms with Crippen molar-refractivity contribution in [3.63, 3.8) is 0 Å². The zero-order valence-corrected chi connectivity index (χ0v) is 11.5. The van der Waals surface area contributed by atoms with E-state index < -0.39 is 0 Å². The van der Waals surface area contributed by atoms with Crippen molar-refractivity contribution in [3.8, 4) is 0 Å². The van der Waals surface area contributed by atoms with Gasteiger partial charge in [-0.2, -0.15) is 0 Å². The van der Waals surface area contributed by atoms with E-state index in [2.05, 4.69) is 15.7 Å². The van der Waals surface area contributed by atoms with E-state index in [-0.39, 0.29) is 12.0 Å². The summed E-state index contributed by atoms with van der Waals surface area (Å²) in [5, 5.41) is 3.36. The van der Waals surface area contributed by atoms with Crippen LogP contribution in [0.1, 0.15) is 17.3 Å². The Morgan fingerprint density at radius 3 is 3.30 bits per heavy atom. The van der Waals surface area contributed by atoms with E-state index >= 15 is 0 Å². The molecule has 0 saturated carbocycles. The number of anilines is 2. The Hall–Kier alpha value is -1.79. The van der Waals surface area contributed by atoms with Gasteiger partial charge < -0.3 is 15.0 Å². The molecule has 6 nitrogen and oxygen atoms in total. The number of fused-ring (bicyclic) bond motifs is 3. The normalized spacial score (nSPS) is 21.2. The molecule has 2 heterocycles. The van der Waals surface area contributed by atoms with Crippen LogP contribution >= 0.6 is 0 Å². The first-order chi connectivity index (χ1) is 9.79. The summed E-state index contributed by atoms with van der Waals surface area (Å²) in [5.41, 5.74) is 5.42. The van der Waals surface area contributed by atoms with Crippen LogP contribution in [-0.4, -0.2) is 44.9 Å². The van der Waals surface area contributed by atoms with Gasteiger partial charge in [-0.3, -0.25) is 10.3 Å². The van der Waals surface area contributed by atoms with E-state index in [1.807, 2.05) is 19.1 Å². The van der Waals surface area contributed by atoms with Gasteiger partial charge in [0.25, 0.3) is 0 Å². The van der Waals surface area contributed by atoms with Crippen molar-refractivity contribution in [2.75, 3.05) is 43.2 Å². The Labute approximate surface area is 118 Å². The number of hydrogen-bond donors (Lipinski definition) is 2. The van der Waals surface area contributed by atoms with Gasteiger partial charge in [-0.25, -0.2) is 4.79 Å². The van der Waals surface area contributed by atoms with Gasteiger partial charge >= 0.3 is 5.97 Å². The van der Waals surface area contributed by atoms with Gasteiger partial charge in [0, 0.05) is 19.6 Å². The molecule has 1 aromatic rings. The highest BCUT2D eigenvalue weighted by Crippen LogP contribution is 2.32. The van der Waals surface area contributed by atoms with Crippen LogP contribution in [0, 0.1) is 0 Å². The monoisotopic (exact) mass is 277 g/mol. The lowest BCUT2D eigenvalue weighted by Gasteiger charge is -2.36. The van der Waals surface area contributed by atoms with Gasteiger partial charge in [-0.05, 0) is 25.1 Å². The van der Waals surface area contributed by atoms with Crippen LogP contribution in [0.5, 0.6) is 0 Å². The summed E-state index contributed by atoms with van der Waals surface area (Å²) in [6, 6.07) is 5.78. The first kappa shape index (κ1) is 13.2. The van der Waals surface area contributed by atoms with E-state index in [9.17, 15) is 4.79 Å². The molecule has 6 heteroatoms. The minimum atomic E-state index is -0.285. The van der Waals surface area contributed by atoms with E-state index in [1.165, 1.54) is 0 Å². The molecular weight excluding hydrogens is 258 g/mol. The molecule has 108 valence electrons. The number of nitrogens with one attached hydrogen (secondary N) is 2. The Balaban J connectivity index is 1.94. The van der Waals surface area contributed by atoms with E-state index in [4.69, 9.17) is 9.57 Å². The van der Waals surface area contributed by atoms with Crippen LogP contribution in [0.15, 0.2) is 18.2 Å². The lowest BCUT2D eigenvalue weighted by atomic mass is 10.1. The Kier molecular flexibility index (Phi) is 3.75. The molecule has 1 unspecified atom stereocenters. The third-order valence-corrected chi connectivity index (χ3v) is 3.63. The number of carbonyl (C=O) groups excluding carboxylic acids is 1. The van der Waals surface area contributed by atoms with Gasteiger partial charge in [-0.15, -0.1) is 0 Å². The highest BCUT2D eigenvalue weighted by Gasteiger charge is 2.28. The number of carbonyl (C=O) groups is 1. The lowest BCUT2D eigenvalue weighted by Crippen LogP contribution is -2.53. The predicted octanol–water partition coefficient (Wildman–Crippen LogP) is 0.999. The number of esters is 1. The lowest BCUT2D eigenvalue weighted by molar-refractivity contribution is 0.0526. The van der Waals surface area contributed by atoms with Crippen molar-refractivity contribution in [1.82, 2.24) is 5.32 Å². The van der Waals surface area contributed by atoms with Crippen LogP contribution in [-0.2, 0) is 9.57 Å². The Morgan fingerprint density at radius 1 is 1.55 bits per heavy atom. The van der Waals surface area contributed by atoms with E-state index in [0.717, 1.165) is 31.0 Å². The maximum absolute atomic E-state index is 11.9. The smallest absolute Gasteiger partial charge is 0.338 e. The third kappa shape index (κ3) is 2.44. The van der Waals surface area contributed by atoms with Gasteiger partial charge in [0.1, 0.15) is 0 Å². The van der Waals surface area contributed by atoms with Crippen LogP contribution in [0.3, 0.4) is 0 Å². The zero-order valence-electron chi connectivity index (χ0n) is 11.5. The molecule has 3 rings (SSSR count). The molecule has 0 spiro atoms. The maximum atomic E-state index is 11.9. The second-order valence-electron chi connectivity index (χ2n) is 4.92. The summed E-state index contributed by atoms with van der Waals surface area (Å²) in [4.78, 5) is 19.6. The fourth-order valence-corrected chi connectivity index (χ4v) is 2.64. The second kappa shape index (κ2) is 5.68. The molecule has 0 bridgehead atoms. The highest BCUT2D eigenvalue weighted by molar-refractivity contribution is 5.92. The fourth-order valence-electron chi connectivity index (χ4n) is 2.64. The van der Waals surface area contributed by atoms with Crippen LogP contribution in [0.4, 0.5) is 11.4 Å². The third-order valence-electron chi connectivity index (χ3n) is 3.63. The first-order valence-corrected chi connectivity index (χ1v) is 6.96. The van der Waals surface area contributed by atoms with Gasteiger partial charge in [-0.1, -0.05) is 0 Å². The summed E-state index contributed by atoms with van der Waals surface area (Å²) >= 11 is 0.